The first kappa shape index (κ1) is 29.6. The Labute approximate surface area is 132 Å². The fraction of sp³-hybridized carbons (Fsp3) is 1.00. The smallest absolute Gasteiger partial charge is 0.0195 e. The highest BCUT2D eigenvalue weighted by Crippen LogP contribution is 1.69. The van der Waals surface area contributed by atoms with Gasteiger partial charge in [0.1, 0.15) is 0 Å². The summed E-state index contributed by atoms with van der Waals surface area (Å²) in [4.78, 5) is 0. The van der Waals surface area contributed by atoms with Crippen molar-refractivity contribution in [3.63, 3.8) is 0 Å². The third kappa shape index (κ3) is 348. The molecule has 0 fully saturated rings. The second-order valence-electron chi connectivity index (χ2n) is 1.07. The Bertz CT molecular complexity index is 28.1. The minimum absolute atomic E-state index is 0. The van der Waals surface area contributed by atoms with Crippen LogP contribution in [0.4, 0.5) is 0 Å². The van der Waals surface area contributed by atoms with Gasteiger partial charge in [-0.2, -0.15) is 0 Å². The molecule has 0 aliphatic carbocycles. The zero-order valence-electron chi connectivity index (χ0n) is 8.92. The maximum Gasteiger partial charge on any atom is 0.0195 e. The van der Waals surface area contributed by atoms with Crippen LogP contribution in [0.5, 0.6) is 0 Å². The van der Waals surface area contributed by atoms with Crippen molar-refractivity contribution in [1.82, 2.24) is 0 Å². The SMILES string of the molecule is CCCl.CCCl.CCI.CCI.[Al]. The first-order valence-corrected chi connectivity index (χ1v) is 8.02. The molecule has 0 amide bonds. The summed E-state index contributed by atoms with van der Waals surface area (Å²) in [6, 6.07) is 0. The van der Waals surface area contributed by atoms with Crippen LogP contribution in [0.25, 0.3) is 0 Å². The summed E-state index contributed by atoms with van der Waals surface area (Å²) >= 11 is 14.6. The van der Waals surface area contributed by atoms with Crippen molar-refractivity contribution in [2.75, 3.05) is 20.6 Å². The Hall–Kier alpha value is 2.57. The van der Waals surface area contributed by atoms with Crippen LogP contribution in [0.1, 0.15) is 27.7 Å². The van der Waals surface area contributed by atoms with Crippen LogP contribution in [0.3, 0.4) is 0 Å². The van der Waals surface area contributed by atoms with Crippen molar-refractivity contribution in [3.05, 3.63) is 0 Å². The molecule has 0 aliphatic rings. The highest BCUT2D eigenvalue weighted by Gasteiger charge is 1.39. The number of rotatable bonds is 0. The first-order valence-electron chi connectivity index (χ1n) is 3.90. The van der Waals surface area contributed by atoms with Gasteiger partial charge >= 0.3 is 0 Å². The van der Waals surface area contributed by atoms with Gasteiger partial charge in [-0.25, -0.2) is 0 Å². The third-order valence-corrected chi connectivity index (χ3v) is 0. The van der Waals surface area contributed by atoms with Gasteiger partial charge in [-0.3, -0.25) is 0 Å². The maximum absolute atomic E-state index is 5.00. The number of halogens is 4. The molecule has 0 unspecified atom stereocenters. The normalized spacial score (nSPS) is 5.54. The fourth-order valence-corrected chi connectivity index (χ4v) is 0. The Morgan fingerprint density at radius 2 is 0.769 bits per heavy atom. The van der Waals surface area contributed by atoms with Crippen molar-refractivity contribution in [1.29, 1.82) is 0 Å². The van der Waals surface area contributed by atoms with Crippen LogP contribution in [-0.4, -0.2) is 38.0 Å². The van der Waals surface area contributed by atoms with E-state index in [9.17, 15) is 0 Å². The van der Waals surface area contributed by atoms with E-state index in [4.69, 9.17) is 23.2 Å². The Kier molecular flexibility index (Phi) is 141. The molecule has 0 aromatic heterocycles. The average molecular weight is 468 g/mol. The monoisotopic (exact) mass is 467 g/mol. The molecule has 0 spiro atoms. The lowest BCUT2D eigenvalue weighted by atomic mass is 11.0. The standard InChI is InChI=1S/2C2H5Cl.2C2H5I.Al/c4*1-2-3;/h4*2H2,1H3;. The van der Waals surface area contributed by atoms with E-state index in [0.717, 1.165) is 11.8 Å². The van der Waals surface area contributed by atoms with E-state index in [1.807, 2.05) is 13.8 Å². The lowest BCUT2D eigenvalue weighted by molar-refractivity contribution is 1.51. The third-order valence-electron chi connectivity index (χ3n) is 0. The molecule has 0 N–H and O–H groups in total. The van der Waals surface area contributed by atoms with Crippen LogP contribution >= 0.6 is 68.4 Å². The lowest BCUT2D eigenvalue weighted by Gasteiger charge is -1.45. The molecule has 0 saturated heterocycles. The zero-order chi connectivity index (χ0) is 10.8. The molecule has 0 heterocycles. The van der Waals surface area contributed by atoms with E-state index in [1.54, 1.807) is 0 Å². The van der Waals surface area contributed by atoms with E-state index in [2.05, 4.69) is 59.0 Å². The van der Waals surface area contributed by atoms with Gasteiger partial charge in [0.25, 0.3) is 0 Å². The summed E-state index contributed by atoms with van der Waals surface area (Å²) < 4.78 is 2.44. The van der Waals surface area contributed by atoms with Crippen molar-refractivity contribution in [2.45, 2.75) is 27.7 Å². The Morgan fingerprint density at radius 3 is 0.769 bits per heavy atom. The quantitative estimate of drug-likeness (QED) is 0.267. The number of alkyl halides is 4. The van der Waals surface area contributed by atoms with Gasteiger partial charge in [0.05, 0.1) is 0 Å². The predicted molar refractivity (Wildman–Crippen MR) is 87.7 cm³/mol. The van der Waals surface area contributed by atoms with Crippen LogP contribution in [0.2, 0.25) is 0 Å². The summed E-state index contributed by atoms with van der Waals surface area (Å²) in [7, 11) is 0. The lowest BCUT2D eigenvalue weighted by Crippen LogP contribution is -1.36. The van der Waals surface area contributed by atoms with Gasteiger partial charge in [0, 0.05) is 29.1 Å². The number of hydrogen-bond donors (Lipinski definition) is 0. The summed E-state index contributed by atoms with van der Waals surface area (Å²) in [6.07, 6.45) is 0. The van der Waals surface area contributed by atoms with Gasteiger partial charge in [0.15, 0.2) is 0 Å². The molecule has 5 heteroatoms. The molecule has 0 rings (SSSR count). The van der Waals surface area contributed by atoms with E-state index in [1.165, 1.54) is 8.86 Å². The first-order chi connectivity index (χ1) is 5.66. The minimum atomic E-state index is 0. The van der Waals surface area contributed by atoms with Crippen molar-refractivity contribution in [3.8, 4) is 0 Å². The molecule has 0 bridgehead atoms. The van der Waals surface area contributed by atoms with Gasteiger partial charge in [-0.05, 0) is 8.86 Å². The van der Waals surface area contributed by atoms with Crippen LogP contribution in [0.15, 0.2) is 0 Å². The fourth-order valence-electron chi connectivity index (χ4n) is 0. The molecule has 0 nitrogen and oxygen atoms in total. The molecule has 0 atom stereocenters. The zero-order valence-corrected chi connectivity index (χ0v) is 15.9. The summed E-state index contributed by atoms with van der Waals surface area (Å²) in [5, 5.41) is 0. The second kappa shape index (κ2) is 62.1. The van der Waals surface area contributed by atoms with E-state index in [0.29, 0.717) is 0 Å². The predicted octanol–water partition coefficient (Wildman–Crippen LogP) is 4.99. The molecular weight excluding hydrogens is 448 g/mol. The molecule has 0 aliphatic heterocycles. The van der Waals surface area contributed by atoms with Crippen LogP contribution in [-0.2, 0) is 0 Å². The molecule has 0 aromatic rings. The Morgan fingerprint density at radius 1 is 0.769 bits per heavy atom. The minimum Gasteiger partial charge on any atom is -0.127 e. The Balaban J connectivity index is -0.0000000213. The number of hydrogen-bond acceptors (Lipinski definition) is 0. The molecule has 0 saturated carbocycles. The van der Waals surface area contributed by atoms with Crippen molar-refractivity contribution >= 4 is 85.7 Å². The average Bonchev–Trinajstić information content (AvgIpc) is 1.92. The van der Waals surface area contributed by atoms with Crippen molar-refractivity contribution < 1.29 is 0 Å². The summed E-state index contributed by atoms with van der Waals surface area (Å²) in [6.45, 7) is 8.00. The summed E-state index contributed by atoms with van der Waals surface area (Å²) in [5.74, 6) is 1.44. The molecule has 83 valence electrons. The van der Waals surface area contributed by atoms with Crippen LogP contribution < -0.4 is 0 Å². The topological polar surface area (TPSA) is 0 Å². The van der Waals surface area contributed by atoms with E-state index >= 15 is 0 Å². The maximum atomic E-state index is 5.00. The van der Waals surface area contributed by atoms with Gasteiger partial charge in [-0.15, -0.1) is 23.2 Å². The highest BCUT2D eigenvalue weighted by atomic mass is 127. The van der Waals surface area contributed by atoms with Gasteiger partial charge < -0.3 is 0 Å². The van der Waals surface area contributed by atoms with Crippen molar-refractivity contribution in [2.24, 2.45) is 0 Å². The molecule has 0 aromatic carbocycles. The molecule has 3 radical (unpaired) electrons. The second-order valence-corrected chi connectivity index (χ2v) is 5.19. The summed E-state index contributed by atoms with van der Waals surface area (Å²) in [5.41, 5.74) is 0. The van der Waals surface area contributed by atoms with Gasteiger partial charge in [0.2, 0.25) is 0 Å². The van der Waals surface area contributed by atoms with Gasteiger partial charge in [-0.1, -0.05) is 72.9 Å². The van der Waals surface area contributed by atoms with Crippen LogP contribution in [0, 0.1) is 0 Å². The van der Waals surface area contributed by atoms with E-state index in [-0.39, 0.29) is 17.4 Å². The van der Waals surface area contributed by atoms with E-state index < -0.39 is 0 Å². The molecule has 13 heavy (non-hydrogen) atoms. The largest absolute Gasteiger partial charge is 0.127 e. The highest BCUT2D eigenvalue weighted by molar-refractivity contribution is 14.1. The molecular formula is C8H20AlCl2I2.